The van der Waals surface area contributed by atoms with Crippen LogP contribution in [0.3, 0.4) is 0 Å². The molecule has 36 heavy (non-hydrogen) atoms. The molecule has 0 aliphatic rings. The van der Waals surface area contributed by atoms with Crippen molar-refractivity contribution in [3.63, 3.8) is 0 Å². The fourth-order valence-electron chi connectivity index (χ4n) is 1.17. The van der Waals surface area contributed by atoms with Crippen molar-refractivity contribution in [3.05, 3.63) is 0 Å². The van der Waals surface area contributed by atoms with E-state index in [9.17, 15) is 14.4 Å². The van der Waals surface area contributed by atoms with Crippen LogP contribution < -0.4 is 16.4 Å². The molecular formula is C24H56N3O9+. The largest absolute Gasteiger partial charge is 0.467 e. The second-order valence-corrected chi connectivity index (χ2v) is 7.35. The van der Waals surface area contributed by atoms with Crippen molar-refractivity contribution < 1.29 is 48.5 Å². The minimum atomic E-state index is -0.345. The summed E-state index contributed by atoms with van der Waals surface area (Å²) < 4.78 is 27.3. The quantitative estimate of drug-likeness (QED) is 0.227. The molecule has 0 radical (unpaired) electrons. The molecule has 0 fully saturated rings. The Morgan fingerprint density at radius 1 is 0.694 bits per heavy atom. The molecule has 0 aliphatic carbocycles. The molecule has 0 aromatic heterocycles. The molecule has 0 rings (SSSR count). The number of hydrogen-bond donors (Lipinski definition) is 3. The highest BCUT2D eigenvalue weighted by Gasteiger charge is 1.96. The van der Waals surface area contributed by atoms with Gasteiger partial charge in [0, 0.05) is 42.1 Å². The first-order valence-electron chi connectivity index (χ1n) is 11.9. The molecular weight excluding hydrogens is 474 g/mol. The summed E-state index contributed by atoms with van der Waals surface area (Å²) in [6.07, 6.45) is 2.91. The lowest BCUT2D eigenvalue weighted by Gasteiger charge is -2.01. The number of ether oxygens (including phenoxy) is 6. The number of quaternary nitrogens is 1. The van der Waals surface area contributed by atoms with Crippen LogP contribution in [0.2, 0.25) is 0 Å². The van der Waals surface area contributed by atoms with Gasteiger partial charge in [-0.15, -0.1) is 0 Å². The lowest BCUT2D eigenvalue weighted by molar-refractivity contribution is -0.364. The van der Waals surface area contributed by atoms with E-state index in [2.05, 4.69) is 42.2 Å². The highest BCUT2D eigenvalue weighted by atomic mass is 16.6. The number of esters is 1. The molecule has 0 aromatic carbocycles. The van der Waals surface area contributed by atoms with Crippen LogP contribution in [0.1, 0.15) is 47.5 Å². The SMILES string of the molecule is CCCCNC(=O)COC.COC(C)C.COC(C)C.COCC(=O)NCC[NH3+].COCC(=O)OC. The number of rotatable bonds is 13. The molecule has 0 atom stereocenters. The first-order valence-corrected chi connectivity index (χ1v) is 11.9. The molecule has 2 amide bonds. The van der Waals surface area contributed by atoms with Gasteiger partial charge in [-0.05, 0) is 34.1 Å². The lowest BCUT2D eigenvalue weighted by Crippen LogP contribution is -2.55. The normalized spacial score (nSPS) is 9.17. The zero-order valence-corrected chi connectivity index (χ0v) is 24.7. The van der Waals surface area contributed by atoms with E-state index < -0.39 is 0 Å². The number of amides is 2. The van der Waals surface area contributed by atoms with Crippen LogP contribution in [0.25, 0.3) is 0 Å². The van der Waals surface area contributed by atoms with Crippen LogP contribution in [-0.4, -0.2) is 112 Å². The van der Waals surface area contributed by atoms with Gasteiger partial charge in [0.05, 0.1) is 32.4 Å². The zero-order chi connectivity index (χ0) is 29.2. The van der Waals surface area contributed by atoms with E-state index in [-0.39, 0.29) is 37.6 Å². The van der Waals surface area contributed by atoms with Gasteiger partial charge in [0.1, 0.15) is 19.8 Å². The number of carbonyl (C=O) groups excluding carboxylic acids is 3. The van der Waals surface area contributed by atoms with Gasteiger partial charge in [-0.3, -0.25) is 9.59 Å². The number of carbonyl (C=O) groups is 3. The highest BCUT2D eigenvalue weighted by molar-refractivity contribution is 5.77. The summed E-state index contributed by atoms with van der Waals surface area (Å²) in [6, 6.07) is 0. The molecule has 12 nitrogen and oxygen atoms in total. The second kappa shape index (κ2) is 40.3. The van der Waals surface area contributed by atoms with E-state index in [0.717, 1.165) is 25.9 Å². The maximum absolute atomic E-state index is 10.7. The standard InChI is InChI=1S/C7H15NO2.C5H12N2O2.C4H8O3.2C4H10O/c1-3-4-5-8-7(9)6-10-2;1-9-4-5(8)7-3-2-6;1-6-3-4(5)7-2;2*1-4(2)5-3/h3-6H2,1-2H3,(H,8,9);2-4,6H2,1H3,(H,7,8);3H2,1-2H3;2*4H,1-3H3/p+1. The van der Waals surface area contributed by atoms with Crippen molar-refractivity contribution in [2.24, 2.45) is 0 Å². The minimum absolute atomic E-state index is 0.0315. The molecule has 0 bridgehead atoms. The number of nitrogens with one attached hydrogen (secondary N) is 2. The fourth-order valence-corrected chi connectivity index (χ4v) is 1.17. The van der Waals surface area contributed by atoms with Crippen LogP contribution >= 0.6 is 0 Å². The van der Waals surface area contributed by atoms with Gasteiger partial charge in [0.25, 0.3) is 0 Å². The lowest BCUT2D eigenvalue weighted by atomic mass is 10.3. The van der Waals surface area contributed by atoms with Gasteiger partial charge < -0.3 is 44.8 Å². The molecule has 0 saturated heterocycles. The summed E-state index contributed by atoms with van der Waals surface area (Å²) in [4.78, 5) is 31.3. The number of hydrogen-bond acceptors (Lipinski definition) is 9. The molecule has 220 valence electrons. The van der Waals surface area contributed by atoms with Gasteiger partial charge in [-0.1, -0.05) is 13.3 Å². The minimum Gasteiger partial charge on any atom is -0.467 e. The maximum Gasteiger partial charge on any atom is 0.331 e. The Morgan fingerprint density at radius 2 is 1.06 bits per heavy atom. The van der Waals surface area contributed by atoms with Crippen molar-refractivity contribution in [2.75, 3.05) is 82.1 Å². The topological polar surface area (TPSA) is 158 Å². The Bertz CT molecular complexity index is 445. The van der Waals surface area contributed by atoms with E-state index >= 15 is 0 Å². The summed E-state index contributed by atoms with van der Waals surface area (Å²) >= 11 is 0. The van der Waals surface area contributed by atoms with Crippen LogP contribution in [0.15, 0.2) is 0 Å². The fraction of sp³-hybridized carbons (Fsp3) is 0.875. The number of unbranched alkanes of at least 4 members (excludes halogenated alkanes) is 1. The smallest absolute Gasteiger partial charge is 0.331 e. The van der Waals surface area contributed by atoms with Gasteiger partial charge in [-0.25, -0.2) is 4.79 Å². The van der Waals surface area contributed by atoms with Crippen molar-refractivity contribution in [2.45, 2.75) is 59.7 Å². The Morgan fingerprint density at radius 3 is 1.28 bits per heavy atom. The summed E-state index contributed by atoms with van der Waals surface area (Å²) in [5.41, 5.74) is 3.56. The Kier molecular flexibility index (Phi) is 49.5. The van der Waals surface area contributed by atoms with E-state index in [1.54, 1.807) is 14.2 Å². The predicted molar refractivity (Wildman–Crippen MR) is 141 cm³/mol. The van der Waals surface area contributed by atoms with Gasteiger partial charge >= 0.3 is 5.97 Å². The van der Waals surface area contributed by atoms with Crippen molar-refractivity contribution in [1.82, 2.24) is 10.6 Å². The van der Waals surface area contributed by atoms with Crippen molar-refractivity contribution in [3.8, 4) is 0 Å². The van der Waals surface area contributed by atoms with Crippen LogP contribution in [0.5, 0.6) is 0 Å². The van der Waals surface area contributed by atoms with Crippen LogP contribution in [0.4, 0.5) is 0 Å². The summed E-state index contributed by atoms with van der Waals surface area (Å²) in [6.45, 7) is 12.5. The predicted octanol–water partition coefficient (Wildman–Crippen LogP) is 0.428. The Hall–Kier alpha value is -1.83. The molecule has 0 aromatic rings. The average Bonchev–Trinajstić information content (AvgIpc) is 2.85. The molecule has 5 N–H and O–H groups in total. The summed E-state index contributed by atoms with van der Waals surface area (Å²) in [5, 5.41) is 5.33. The summed E-state index contributed by atoms with van der Waals surface area (Å²) in [5.74, 6) is -0.459. The third kappa shape index (κ3) is 63.6. The van der Waals surface area contributed by atoms with E-state index in [1.165, 1.54) is 28.4 Å². The molecule has 0 aliphatic heterocycles. The van der Waals surface area contributed by atoms with Crippen molar-refractivity contribution in [1.29, 1.82) is 0 Å². The Balaban J connectivity index is -0.000000114. The summed E-state index contributed by atoms with van der Waals surface area (Å²) in [7, 11) is 9.16. The van der Waals surface area contributed by atoms with Gasteiger partial charge in [-0.2, -0.15) is 0 Å². The van der Waals surface area contributed by atoms with Crippen LogP contribution in [-0.2, 0) is 42.8 Å². The van der Waals surface area contributed by atoms with E-state index in [4.69, 9.17) is 9.47 Å². The third-order valence-electron chi connectivity index (χ3n) is 3.33. The number of methoxy groups -OCH3 is 6. The molecule has 0 heterocycles. The van der Waals surface area contributed by atoms with Crippen molar-refractivity contribution >= 4 is 17.8 Å². The first kappa shape index (κ1) is 44.2. The monoisotopic (exact) mass is 530 g/mol. The molecule has 0 saturated carbocycles. The van der Waals surface area contributed by atoms with Gasteiger partial charge in [0.15, 0.2) is 0 Å². The maximum atomic E-state index is 10.7. The first-order chi connectivity index (χ1) is 17.0. The zero-order valence-electron chi connectivity index (χ0n) is 24.7. The molecule has 0 spiro atoms. The van der Waals surface area contributed by atoms with E-state index in [1.807, 2.05) is 27.7 Å². The third-order valence-corrected chi connectivity index (χ3v) is 3.33. The molecule has 0 unspecified atom stereocenters. The highest BCUT2D eigenvalue weighted by Crippen LogP contribution is 1.82. The van der Waals surface area contributed by atoms with E-state index in [0.29, 0.717) is 18.8 Å². The van der Waals surface area contributed by atoms with Gasteiger partial charge in [0.2, 0.25) is 11.8 Å². The second-order valence-electron chi connectivity index (χ2n) is 7.35. The molecule has 12 heteroatoms. The Labute approximate surface area is 219 Å². The average molecular weight is 531 g/mol. The van der Waals surface area contributed by atoms with Crippen LogP contribution in [0, 0.1) is 0 Å².